The van der Waals surface area contributed by atoms with Crippen LogP contribution in [0.15, 0.2) is 42.5 Å². The van der Waals surface area contributed by atoms with E-state index in [9.17, 15) is 8.78 Å². The van der Waals surface area contributed by atoms with Crippen molar-refractivity contribution in [2.45, 2.75) is 31.7 Å². The molecule has 0 heterocycles. The Kier molecular flexibility index (Phi) is 4.64. The molecule has 1 nitrogen and oxygen atoms in total. The van der Waals surface area contributed by atoms with Crippen LogP contribution >= 0.6 is 11.6 Å². The first-order valence-electron chi connectivity index (χ1n) is 6.77. The van der Waals surface area contributed by atoms with Crippen molar-refractivity contribution < 1.29 is 8.78 Å². The maximum Gasteiger partial charge on any atom is 0.145 e. The summed E-state index contributed by atoms with van der Waals surface area (Å²) in [6.45, 7) is 3.93. The first kappa shape index (κ1) is 15.9. The van der Waals surface area contributed by atoms with E-state index < -0.39 is 11.2 Å². The summed E-state index contributed by atoms with van der Waals surface area (Å²) in [5.74, 6) is -0.714. The molecule has 0 aromatic heterocycles. The number of hydrogen-bond donors (Lipinski definition) is 1. The van der Waals surface area contributed by atoms with Crippen molar-refractivity contribution in [1.82, 2.24) is 0 Å². The highest BCUT2D eigenvalue weighted by molar-refractivity contribution is 6.30. The Morgan fingerprint density at radius 1 is 1.10 bits per heavy atom. The molecule has 0 saturated carbocycles. The summed E-state index contributed by atoms with van der Waals surface area (Å²) in [6.07, 6.45) is 0.358. The third kappa shape index (κ3) is 3.42. The van der Waals surface area contributed by atoms with Gasteiger partial charge < -0.3 is 5.73 Å². The van der Waals surface area contributed by atoms with E-state index >= 15 is 0 Å². The van der Waals surface area contributed by atoms with E-state index in [1.54, 1.807) is 24.3 Å². The Balaban J connectivity index is 2.24. The van der Waals surface area contributed by atoms with Gasteiger partial charge in [0.2, 0.25) is 0 Å². The van der Waals surface area contributed by atoms with Gasteiger partial charge in [0.05, 0.1) is 5.02 Å². The lowest BCUT2D eigenvalue weighted by Gasteiger charge is -2.32. The van der Waals surface area contributed by atoms with Gasteiger partial charge in [-0.2, -0.15) is 0 Å². The van der Waals surface area contributed by atoms with Gasteiger partial charge in [0.1, 0.15) is 11.6 Å². The number of rotatable bonds is 4. The highest BCUT2D eigenvalue weighted by atomic mass is 35.5. The fourth-order valence-corrected chi connectivity index (χ4v) is 2.49. The molecule has 1 unspecified atom stereocenters. The highest BCUT2D eigenvalue weighted by Crippen LogP contribution is 2.29. The summed E-state index contributed by atoms with van der Waals surface area (Å²) in [5, 5.41) is 0.0966. The van der Waals surface area contributed by atoms with Crippen LogP contribution in [0.5, 0.6) is 0 Å². The van der Waals surface area contributed by atoms with Gasteiger partial charge in [0.15, 0.2) is 0 Å². The second-order valence-electron chi connectivity index (χ2n) is 5.75. The number of halogens is 3. The molecular weight excluding hydrogens is 292 g/mol. The Labute approximate surface area is 128 Å². The van der Waals surface area contributed by atoms with Crippen LogP contribution in [0.2, 0.25) is 5.02 Å². The largest absolute Gasteiger partial charge is 0.327 e. The molecule has 0 amide bonds. The van der Waals surface area contributed by atoms with E-state index in [4.69, 9.17) is 17.3 Å². The number of nitrogens with two attached hydrogens (primary N) is 1. The molecule has 0 bridgehead atoms. The molecule has 0 aliphatic heterocycles. The molecule has 0 spiro atoms. The fraction of sp³-hybridized carbons (Fsp3) is 0.294. The van der Waals surface area contributed by atoms with E-state index in [1.165, 1.54) is 18.2 Å². The lowest BCUT2D eigenvalue weighted by molar-refractivity contribution is 0.401. The second kappa shape index (κ2) is 6.12. The van der Waals surface area contributed by atoms with Gasteiger partial charge in [-0.25, -0.2) is 8.78 Å². The molecule has 0 aliphatic rings. The topological polar surface area (TPSA) is 26.0 Å². The zero-order valence-electron chi connectivity index (χ0n) is 12.0. The van der Waals surface area contributed by atoms with Gasteiger partial charge in [0, 0.05) is 11.5 Å². The van der Waals surface area contributed by atoms with Crippen molar-refractivity contribution in [3.8, 4) is 0 Å². The van der Waals surface area contributed by atoms with Crippen LogP contribution in [0.3, 0.4) is 0 Å². The minimum atomic E-state index is -0.426. The van der Waals surface area contributed by atoms with Gasteiger partial charge in [-0.05, 0) is 35.7 Å². The first-order valence-corrected chi connectivity index (χ1v) is 7.14. The zero-order valence-corrected chi connectivity index (χ0v) is 12.8. The van der Waals surface area contributed by atoms with Crippen molar-refractivity contribution in [3.05, 3.63) is 70.2 Å². The summed E-state index contributed by atoms with van der Waals surface area (Å²) in [7, 11) is 0. The molecule has 1 atom stereocenters. The van der Waals surface area contributed by atoms with Crippen LogP contribution in [0.25, 0.3) is 0 Å². The maximum absolute atomic E-state index is 14.0. The van der Waals surface area contributed by atoms with E-state index in [0.29, 0.717) is 12.0 Å². The summed E-state index contributed by atoms with van der Waals surface area (Å²) in [4.78, 5) is 0. The van der Waals surface area contributed by atoms with Crippen LogP contribution in [0.4, 0.5) is 8.78 Å². The van der Waals surface area contributed by atoms with E-state index in [2.05, 4.69) is 0 Å². The monoisotopic (exact) mass is 309 g/mol. The van der Waals surface area contributed by atoms with Crippen LogP contribution in [0.1, 0.15) is 25.0 Å². The molecule has 2 aromatic carbocycles. The van der Waals surface area contributed by atoms with Crippen molar-refractivity contribution in [3.63, 3.8) is 0 Å². The number of hydrogen-bond acceptors (Lipinski definition) is 1. The van der Waals surface area contributed by atoms with E-state index in [-0.39, 0.29) is 16.9 Å². The van der Waals surface area contributed by atoms with Crippen molar-refractivity contribution in [1.29, 1.82) is 0 Å². The first-order chi connectivity index (χ1) is 9.82. The summed E-state index contributed by atoms with van der Waals surface area (Å²) < 4.78 is 27.0. The van der Waals surface area contributed by atoms with Gasteiger partial charge >= 0.3 is 0 Å². The van der Waals surface area contributed by atoms with Gasteiger partial charge in [-0.1, -0.05) is 49.7 Å². The SMILES string of the molecule is CC(C)(c1ccc(F)cc1)C(N)Cc1cccc(Cl)c1F. The second-order valence-corrected chi connectivity index (χ2v) is 6.16. The third-order valence-electron chi connectivity index (χ3n) is 3.99. The van der Waals surface area contributed by atoms with Crippen LogP contribution in [0, 0.1) is 11.6 Å². The fourth-order valence-electron chi connectivity index (χ4n) is 2.29. The van der Waals surface area contributed by atoms with Crippen LogP contribution in [-0.2, 0) is 11.8 Å². The molecule has 2 N–H and O–H groups in total. The molecule has 4 heteroatoms. The average molecular weight is 310 g/mol. The van der Waals surface area contributed by atoms with Crippen molar-refractivity contribution >= 4 is 11.6 Å². The predicted molar refractivity (Wildman–Crippen MR) is 82.5 cm³/mol. The number of benzene rings is 2. The quantitative estimate of drug-likeness (QED) is 0.886. The molecule has 0 saturated heterocycles. The van der Waals surface area contributed by atoms with Gasteiger partial charge in [0.25, 0.3) is 0 Å². The smallest absolute Gasteiger partial charge is 0.145 e. The molecule has 2 aromatic rings. The van der Waals surface area contributed by atoms with Crippen LogP contribution in [-0.4, -0.2) is 6.04 Å². The normalized spacial score (nSPS) is 13.2. The third-order valence-corrected chi connectivity index (χ3v) is 4.28. The summed E-state index contributed by atoms with van der Waals surface area (Å²) >= 11 is 5.79. The lowest BCUT2D eigenvalue weighted by atomic mass is 9.76. The van der Waals surface area contributed by atoms with E-state index in [0.717, 1.165) is 5.56 Å². The van der Waals surface area contributed by atoms with Crippen molar-refractivity contribution in [2.24, 2.45) is 5.73 Å². The Morgan fingerprint density at radius 2 is 1.71 bits per heavy atom. The Bertz CT molecular complexity index is 623. The molecule has 0 radical (unpaired) electrons. The molecule has 0 fully saturated rings. The molecule has 0 aliphatic carbocycles. The lowest BCUT2D eigenvalue weighted by Crippen LogP contribution is -2.42. The maximum atomic E-state index is 14.0. The molecule has 2 rings (SSSR count). The van der Waals surface area contributed by atoms with Crippen LogP contribution < -0.4 is 5.73 Å². The molecular formula is C17H18ClF2N. The standard InChI is InChI=1S/C17H18ClF2N/c1-17(2,12-6-8-13(19)9-7-12)15(21)10-11-4-3-5-14(18)16(11)20/h3-9,15H,10,21H2,1-2H3. The molecule has 21 heavy (non-hydrogen) atoms. The predicted octanol–water partition coefficient (Wildman–Crippen LogP) is 4.47. The summed E-state index contributed by atoms with van der Waals surface area (Å²) in [5.41, 5.74) is 7.26. The van der Waals surface area contributed by atoms with E-state index in [1.807, 2.05) is 13.8 Å². The summed E-state index contributed by atoms with van der Waals surface area (Å²) in [6, 6.07) is 10.8. The van der Waals surface area contributed by atoms with Gasteiger partial charge in [-0.3, -0.25) is 0 Å². The zero-order chi connectivity index (χ0) is 15.6. The van der Waals surface area contributed by atoms with Crippen molar-refractivity contribution in [2.75, 3.05) is 0 Å². The minimum absolute atomic E-state index is 0.0966. The highest BCUT2D eigenvalue weighted by Gasteiger charge is 2.29. The average Bonchev–Trinajstić information content (AvgIpc) is 2.44. The van der Waals surface area contributed by atoms with Gasteiger partial charge in [-0.15, -0.1) is 0 Å². The minimum Gasteiger partial charge on any atom is -0.327 e. The Hall–Kier alpha value is -1.45. The Morgan fingerprint density at radius 3 is 2.33 bits per heavy atom. The molecule has 112 valence electrons.